The van der Waals surface area contributed by atoms with Gasteiger partial charge in [-0.1, -0.05) is 133 Å². The van der Waals surface area contributed by atoms with Crippen LogP contribution in [-0.4, -0.2) is 4.98 Å². The highest BCUT2D eigenvalue weighted by molar-refractivity contribution is 5.92. The minimum absolute atomic E-state index is 0.626. The second-order valence-corrected chi connectivity index (χ2v) is 12.4. The fourth-order valence-electron chi connectivity index (χ4n) is 6.74. The molecule has 0 saturated carbocycles. The van der Waals surface area contributed by atoms with Crippen LogP contribution in [0.5, 0.6) is 0 Å². The average molecular weight is 641 g/mol. The van der Waals surface area contributed by atoms with Crippen molar-refractivity contribution in [1.82, 2.24) is 4.98 Å². The molecule has 1 aromatic heterocycles. The molecule has 9 aromatic rings. The lowest BCUT2D eigenvalue weighted by Crippen LogP contribution is -2.10. The fraction of sp³-hybridized carbons (Fsp3) is 0. The van der Waals surface area contributed by atoms with Gasteiger partial charge in [-0.05, 0) is 99.3 Å². The van der Waals surface area contributed by atoms with Gasteiger partial charge in [0.05, 0.1) is 0 Å². The number of nitrogens with zero attached hydrogens (tertiary/aromatic N) is 2. The summed E-state index contributed by atoms with van der Waals surface area (Å²) in [6, 6.07) is 68.3. The normalized spacial score (nSPS) is 11.2. The van der Waals surface area contributed by atoms with Gasteiger partial charge in [-0.3, -0.25) is 0 Å². The van der Waals surface area contributed by atoms with Crippen molar-refractivity contribution in [3.63, 3.8) is 0 Å². The summed E-state index contributed by atoms with van der Waals surface area (Å²) in [5, 5.41) is 2.49. The molecule has 0 N–H and O–H groups in total. The molecule has 0 saturated heterocycles. The summed E-state index contributed by atoms with van der Waals surface area (Å²) in [7, 11) is 0. The Bertz CT molecular complexity index is 2570. The van der Waals surface area contributed by atoms with Gasteiger partial charge >= 0.3 is 0 Å². The van der Waals surface area contributed by atoms with E-state index in [0.717, 1.165) is 44.9 Å². The quantitative estimate of drug-likeness (QED) is 0.174. The third kappa shape index (κ3) is 5.61. The highest BCUT2D eigenvalue weighted by Gasteiger charge is 2.16. The fourth-order valence-corrected chi connectivity index (χ4v) is 6.74. The van der Waals surface area contributed by atoms with Gasteiger partial charge in [0, 0.05) is 28.2 Å². The Morgan fingerprint density at radius 3 is 1.66 bits per heavy atom. The lowest BCUT2D eigenvalue weighted by atomic mass is 10.0. The first kappa shape index (κ1) is 29.4. The van der Waals surface area contributed by atoms with Gasteiger partial charge in [0.15, 0.2) is 5.58 Å². The molecule has 8 aromatic carbocycles. The minimum Gasteiger partial charge on any atom is -0.435 e. The third-order valence-electron chi connectivity index (χ3n) is 9.29. The maximum absolute atomic E-state index is 6.36. The van der Waals surface area contributed by atoms with E-state index in [2.05, 4.69) is 157 Å². The number of rotatable bonds is 7. The summed E-state index contributed by atoms with van der Waals surface area (Å²) >= 11 is 0. The number of oxazole rings is 1. The molecule has 1 heterocycles. The largest absolute Gasteiger partial charge is 0.435 e. The van der Waals surface area contributed by atoms with Crippen LogP contribution in [0.2, 0.25) is 0 Å². The van der Waals surface area contributed by atoms with Crippen molar-refractivity contribution in [2.45, 2.75) is 0 Å². The summed E-state index contributed by atoms with van der Waals surface area (Å²) in [5.74, 6) is 0.626. The molecule has 0 radical (unpaired) electrons. The van der Waals surface area contributed by atoms with E-state index in [4.69, 9.17) is 9.40 Å². The molecule has 0 amide bonds. The lowest BCUT2D eigenvalue weighted by molar-refractivity contribution is 0.621. The number of anilines is 3. The van der Waals surface area contributed by atoms with Gasteiger partial charge in [0.2, 0.25) is 5.89 Å². The van der Waals surface area contributed by atoms with Crippen LogP contribution < -0.4 is 4.90 Å². The smallest absolute Gasteiger partial charge is 0.227 e. The van der Waals surface area contributed by atoms with E-state index in [-0.39, 0.29) is 0 Å². The van der Waals surface area contributed by atoms with Gasteiger partial charge in [0.1, 0.15) is 5.52 Å². The monoisotopic (exact) mass is 640 g/mol. The van der Waals surface area contributed by atoms with E-state index in [1.807, 2.05) is 42.5 Å². The van der Waals surface area contributed by atoms with Crippen LogP contribution in [0.25, 0.3) is 66.7 Å². The minimum atomic E-state index is 0.626. The summed E-state index contributed by atoms with van der Waals surface area (Å²) in [6.45, 7) is 0. The van der Waals surface area contributed by atoms with Crippen LogP contribution in [0, 0.1) is 0 Å². The molecule has 0 aliphatic heterocycles. The zero-order valence-electron chi connectivity index (χ0n) is 27.3. The zero-order chi connectivity index (χ0) is 33.3. The molecule has 3 nitrogen and oxygen atoms in total. The van der Waals surface area contributed by atoms with Crippen molar-refractivity contribution in [3.05, 3.63) is 194 Å². The Balaban J connectivity index is 1.11. The zero-order valence-corrected chi connectivity index (χ0v) is 27.3. The third-order valence-corrected chi connectivity index (χ3v) is 9.29. The Kier molecular flexibility index (Phi) is 7.49. The SMILES string of the molecule is c1ccc(-c2cccc(N(c3ccc(-c4ccc5ccccc5c4)cc3)c3ccc(-c4cccc5nc(-c6ccccc6)oc45)cc3)c2)cc1. The van der Waals surface area contributed by atoms with E-state index >= 15 is 0 Å². The first-order valence-corrected chi connectivity index (χ1v) is 16.9. The molecule has 0 aliphatic rings. The maximum Gasteiger partial charge on any atom is 0.227 e. The predicted molar refractivity (Wildman–Crippen MR) is 208 cm³/mol. The van der Waals surface area contributed by atoms with Crippen LogP contribution in [0.3, 0.4) is 0 Å². The van der Waals surface area contributed by atoms with E-state index in [1.165, 1.54) is 33.0 Å². The molecule has 50 heavy (non-hydrogen) atoms. The molecule has 236 valence electrons. The first-order valence-electron chi connectivity index (χ1n) is 16.9. The molecule has 0 atom stereocenters. The Hall–Kier alpha value is -6.71. The molecule has 0 aliphatic carbocycles. The second kappa shape index (κ2) is 12.7. The van der Waals surface area contributed by atoms with Crippen LogP contribution in [0.1, 0.15) is 0 Å². The molecule has 0 fully saturated rings. The second-order valence-electron chi connectivity index (χ2n) is 12.4. The van der Waals surface area contributed by atoms with E-state index in [1.54, 1.807) is 0 Å². The van der Waals surface area contributed by atoms with Gasteiger partial charge in [-0.2, -0.15) is 0 Å². The molecule has 0 unspecified atom stereocenters. The van der Waals surface area contributed by atoms with Crippen molar-refractivity contribution in [2.75, 3.05) is 4.90 Å². The van der Waals surface area contributed by atoms with Crippen molar-refractivity contribution >= 4 is 38.9 Å². The van der Waals surface area contributed by atoms with Crippen molar-refractivity contribution in [2.24, 2.45) is 0 Å². The Labute approximate surface area is 291 Å². The van der Waals surface area contributed by atoms with E-state index in [0.29, 0.717) is 5.89 Å². The summed E-state index contributed by atoms with van der Waals surface area (Å²) in [6.07, 6.45) is 0. The predicted octanol–water partition coefficient (Wildman–Crippen LogP) is 13.1. The molecular formula is C47H32N2O. The Morgan fingerprint density at radius 1 is 0.360 bits per heavy atom. The summed E-state index contributed by atoms with van der Waals surface area (Å²) in [4.78, 5) is 7.12. The van der Waals surface area contributed by atoms with Gasteiger partial charge < -0.3 is 9.32 Å². The van der Waals surface area contributed by atoms with Gasteiger partial charge in [0.25, 0.3) is 0 Å². The summed E-state index contributed by atoms with van der Waals surface area (Å²) in [5.41, 5.74) is 12.6. The number of benzene rings is 8. The van der Waals surface area contributed by atoms with E-state index < -0.39 is 0 Å². The number of aromatic nitrogens is 1. The lowest BCUT2D eigenvalue weighted by Gasteiger charge is -2.26. The average Bonchev–Trinajstić information content (AvgIpc) is 3.64. The summed E-state index contributed by atoms with van der Waals surface area (Å²) < 4.78 is 6.36. The number of fused-ring (bicyclic) bond motifs is 2. The number of hydrogen-bond acceptors (Lipinski definition) is 3. The van der Waals surface area contributed by atoms with Crippen molar-refractivity contribution < 1.29 is 4.42 Å². The van der Waals surface area contributed by atoms with Crippen LogP contribution in [0.4, 0.5) is 17.1 Å². The van der Waals surface area contributed by atoms with Gasteiger partial charge in [-0.25, -0.2) is 4.98 Å². The molecule has 9 rings (SSSR count). The van der Waals surface area contributed by atoms with Crippen LogP contribution >= 0.6 is 0 Å². The van der Waals surface area contributed by atoms with E-state index in [9.17, 15) is 0 Å². The Morgan fingerprint density at radius 2 is 0.920 bits per heavy atom. The molecule has 0 bridgehead atoms. The molecule has 3 heteroatoms. The van der Waals surface area contributed by atoms with Gasteiger partial charge in [-0.15, -0.1) is 0 Å². The van der Waals surface area contributed by atoms with Crippen molar-refractivity contribution in [3.8, 4) is 44.8 Å². The van der Waals surface area contributed by atoms with Crippen LogP contribution in [-0.2, 0) is 0 Å². The highest BCUT2D eigenvalue weighted by atomic mass is 16.3. The van der Waals surface area contributed by atoms with Crippen LogP contribution in [0.15, 0.2) is 199 Å². The number of hydrogen-bond donors (Lipinski definition) is 0. The van der Waals surface area contributed by atoms with Crippen molar-refractivity contribution in [1.29, 1.82) is 0 Å². The first-order chi connectivity index (χ1) is 24.8. The molecular weight excluding hydrogens is 609 g/mol. The topological polar surface area (TPSA) is 29.3 Å². The highest BCUT2D eigenvalue weighted by Crippen LogP contribution is 2.39. The standard InChI is InChI=1S/C47H32N2O/c1-3-11-33(12-4-1)39-17-9-18-43(32-39)49(41-27-23-35(24-28-41)40-22-21-34-13-7-8-16-38(34)31-40)42-29-25-36(26-30-42)44-19-10-20-45-46(44)50-47(48-45)37-14-5-2-6-15-37/h1-32H. The molecule has 0 spiro atoms. The number of para-hydroxylation sites is 1. The maximum atomic E-state index is 6.36.